The van der Waals surface area contributed by atoms with E-state index in [0.29, 0.717) is 5.75 Å². The molecule has 1 rings (SSSR count). The first-order valence-electron chi connectivity index (χ1n) is 5.22. The molecular formula is C12H15NO5. The van der Waals surface area contributed by atoms with Gasteiger partial charge >= 0.3 is 5.97 Å². The number of carbonyl (C=O) groups is 2. The summed E-state index contributed by atoms with van der Waals surface area (Å²) >= 11 is 0. The van der Waals surface area contributed by atoms with Gasteiger partial charge in [0.05, 0.1) is 14.2 Å². The molecule has 0 heterocycles. The van der Waals surface area contributed by atoms with E-state index in [2.05, 4.69) is 0 Å². The van der Waals surface area contributed by atoms with Crippen molar-refractivity contribution >= 4 is 11.9 Å². The third kappa shape index (κ3) is 2.91. The maximum atomic E-state index is 11.8. The van der Waals surface area contributed by atoms with Gasteiger partial charge in [0.1, 0.15) is 5.56 Å². The first-order valence-corrected chi connectivity index (χ1v) is 5.22. The summed E-state index contributed by atoms with van der Waals surface area (Å²) in [6, 6.07) is 4.78. The van der Waals surface area contributed by atoms with Crippen LogP contribution in [-0.2, 0) is 9.53 Å². The number of para-hydroxylation sites is 1. The molecule has 0 fully saturated rings. The van der Waals surface area contributed by atoms with Crippen LogP contribution in [0.15, 0.2) is 18.2 Å². The zero-order valence-corrected chi connectivity index (χ0v) is 10.4. The third-order valence-electron chi connectivity index (χ3n) is 2.31. The average Bonchev–Trinajstić information content (AvgIpc) is 2.37. The molecule has 0 aliphatic rings. The second-order valence-corrected chi connectivity index (χ2v) is 3.49. The van der Waals surface area contributed by atoms with Gasteiger partial charge in [-0.25, -0.2) is 4.79 Å². The van der Waals surface area contributed by atoms with E-state index in [1.807, 2.05) is 0 Å². The summed E-state index contributed by atoms with van der Waals surface area (Å²) in [7, 11) is 2.87. The van der Waals surface area contributed by atoms with Gasteiger partial charge in [-0.3, -0.25) is 4.79 Å². The molecule has 1 aromatic rings. The highest BCUT2D eigenvalue weighted by Crippen LogP contribution is 2.31. The predicted molar refractivity (Wildman–Crippen MR) is 63.6 cm³/mol. The van der Waals surface area contributed by atoms with E-state index in [-0.39, 0.29) is 11.3 Å². The van der Waals surface area contributed by atoms with Gasteiger partial charge in [-0.05, 0) is 19.1 Å². The van der Waals surface area contributed by atoms with Crippen LogP contribution in [0.5, 0.6) is 11.5 Å². The van der Waals surface area contributed by atoms with E-state index in [9.17, 15) is 9.59 Å². The molecule has 0 bridgehead atoms. The molecule has 0 saturated carbocycles. The SMILES string of the molecule is COc1cccc(C(=O)OC(C)C(N)=O)c1OC. The van der Waals surface area contributed by atoms with Gasteiger partial charge in [-0.1, -0.05) is 6.07 Å². The molecule has 0 radical (unpaired) electrons. The summed E-state index contributed by atoms with van der Waals surface area (Å²) in [5.41, 5.74) is 5.19. The van der Waals surface area contributed by atoms with Crippen molar-refractivity contribution in [3.63, 3.8) is 0 Å². The van der Waals surface area contributed by atoms with Crippen LogP contribution in [-0.4, -0.2) is 32.2 Å². The van der Waals surface area contributed by atoms with Gasteiger partial charge in [0.2, 0.25) is 0 Å². The monoisotopic (exact) mass is 253 g/mol. The summed E-state index contributed by atoms with van der Waals surface area (Å²) < 4.78 is 15.0. The van der Waals surface area contributed by atoms with Crippen molar-refractivity contribution in [3.05, 3.63) is 23.8 Å². The van der Waals surface area contributed by atoms with Crippen molar-refractivity contribution in [2.75, 3.05) is 14.2 Å². The number of hydrogen-bond donors (Lipinski definition) is 1. The Kier molecular flexibility index (Phi) is 4.53. The fourth-order valence-electron chi connectivity index (χ4n) is 1.33. The molecule has 0 aromatic heterocycles. The van der Waals surface area contributed by atoms with Crippen LogP contribution in [0.3, 0.4) is 0 Å². The number of hydrogen-bond acceptors (Lipinski definition) is 5. The van der Waals surface area contributed by atoms with Crippen LogP contribution in [0.2, 0.25) is 0 Å². The lowest BCUT2D eigenvalue weighted by Crippen LogP contribution is -2.30. The van der Waals surface area contributed by atoms with E-state index in [0.717, 1.165) is 0 Å². The summed E-state index contributed by atoms with van der Waals surface area (Å²) in [6.45, 7) is 1.40. The minimum atomic E-state index is -1.01. The second-order valence-electron chi connectivity index (χ2n) is 3.49. The Morgan fingerprint density at radius 3 is 2.39 bits per heavy atom. The molecule has 0 aliphatic heterocycles. The van der Waals surface area contributed by atoms with E-state index in [1.165, 1.54) is 27.2 Å². The standard InChI is InChI=1S/C12H15NO5/c1-7(11(13)14)18-12(15)8-5-4-6-9(16-2)10(8)17-3/h4-7H,1-3H3,(H2,13,14). The second kappa shape index (κ2) is 5.90. The Balaban J connectivity index is 3.02. The zero-order valence-electron chi connectivity index (χ0n) is 10.4. The number of benzene rings is 1. The van der Waals surface area contributed by atoms with Crippen LogP contribution in [0, 0.1) is 0 Å². The van der Waals surface area contributed by atoms with Gasteiger partial charge in [0.15, 0.2) is 17.6 Å². The molecule has 0 aliphatic carbocycles. The molecule has 2 N–H and O–H groups in total. The Bertz CT molecular complexity index is 458. The third-order valence-corrected chi connectivity index (χ3v) is 2.31. The molecule has 0 spiro atoms. The lowest BCUT2D eigenvalue weighted by atomic mass is 10.2. The molecule has 18 heavy (non-hydrogen) atoms. The van der Waals surface area contributed by atoms with Crippen LogP contribution >= 0.6 is 0 Å². The molecular weight excluding hydrogens is 238 g/mol. The topological polar surface area (TPSA) is 87.9 Å². The normalized spacial score (nSPS) is 11.5. The van der Waals surface area contributed by atoms with Crippen LogP contribution < -0.4 is 15.2 Å². The van der Waals surface area contributed by atoms with Crippen molar-refractivity contribution in [2.24, 2.45) is 5.73 Å². The van der Waals surface area contributed by atoms with Crippen molar-refractivity contribution in [1.29, 1.82) is 0 Å². The van der Waals surface area contributed by atoms with Crippen LogP contribution in [0.4, 0.5) is 0 Å². The highest BCUT2D eigenvalue weighted by Gasteiger charge is 2.21. The lowest BCUT2D eigenvalue weighted by Gasteiger charge is -2.13. The van der Waals surface area contributed by atoms with E-state index >= 15 is 0 Å². The highest BCUT2D eigenvalue weighted by molar-refractivity contribution is 5.95. The van der Waals surface area contributed by atoms with Crippen LogP contribution in [0.1, 0.15) is 17.3 Å². The summed E-state index contributed by atoms with van der Waals surface area (Å²) in [5.74, 6) is -0.761. The number of rotatable bonds is 5. The molecule has 6 heteroatoms. The van der Waals surface area contributed by atoms with Crippen LogP contribution in [0.25, 0.3) is 0 Å². The van der Waals surface area contributed by atoms with Crippen molar-refractivity contribution in [1.82, 2.24) is 0 Å². The number of primary amides is 1. The number of methoxy groups -OCH3 is 2. The Hall–Kier alpha value is -2.24. The average molecular weight is 253 g/mol. The minimum absolute atomic E-state index is 0.171. The fourth-order valence-corrected chi connectivity index (χ4v) is 1.33. The molecule has 1 aromatic carbocycles. The smallest absolute Gasteiger partial charge is 0.342 e. The van der Waals surface area contributed by atoms with Gasteiger partial charge < -0.3 is 19.9 Å². The number of ether oxygens (including phenoxy) is 3. The van der Waals surface area contributed by atoms with Crippen molar-refractivity contribution in [3.8, 4) is 11.5 Å². The largest absolute Gasteiger partial charge is 0.493 e. The minimum Gasteiger partial charge on any atom is -0.493 e. The van der Waals surface area contributed by atoms with E-state index in [4.69, 9.17) is 19.9 Å². The maximum absolute atomic E-state index is 11.8. The maximum Gasteiger partial charge on any atom is 0.342 e. The van der Waals surface area contributed by atoms with Gasteiger partial charge in [0, 0.05) is 0 Å². The number of amides is 1. The molecule has 0 saturated heterocycles. The van der Waals surface area contributed by atoms with Crippen molar-refractivity contribution < 1.29 is 23.8 Å². The van der Waals surface area contributed by atoms with Gasteiger partial charge in [-0.2, -0.15) is 0 Å². The number of carbonyl (C=O) groups excluding carboxylic acids is 2. The summed E-state index contributed by atoms with van der Waals surface area (Å²) in [5, 5.41) is 0. The van der Waals surface area contributed by atoms with E-state index in [1.54, 1.807) is 12.1 Å². The lowest BCUT2D eigenvalue weighted by molar-refractivity contribution is -0.125. The highest BCUT2D eigenvalue weighted by atomic mass is 16.6. The summed E-state index contributed by atoms with van der Waals surface area (Å²) in [4.78, 5) is 22.7. The molecule has 6 nitrogen and oxygen atoms in total. The Labute approximate surface area is 105 Å². The predicted octanol–water partition coefficient (Wildman–Crippen LogP) is 0.734. The molecule has 1 amide bonds. The fraction of sp³-hybridized carbons (Fsp3) is 0.333. The van der Waals surface area contributed by atoms with E-state index < -0.39 is 18.0 Å². The first-order chi connectivity index (χ1) is 8.51. The molecule has 1 unspecified atom stereocenters. The zero-order chi connectivity index (χ0) is 13.7. The Morgan fingerprint density at radius 2 is 1.89 bits per heavy atom. The van der Waals surface area contributed by atoms with Gasteiger partial charge in [0.25, 0.3) is 5.91 Å². The summed E-state index contributed by atoms with van der Waals surface area (Å²) in [6.07, 6.45) is -1.01. The number of nitrogens with two attached hydrogens (primary N) is 1. The molecule has 1 atom stereocenters. The van der Waals surface area contributed by atoms with Gasteiger partial charge in [-0.15, -0.1) is 0 Å². The quantitative estimate of drug-likeness (QED) is 0.782. The Morgan fingerprint density at radius 1 is 1.22 bits per heavy atom. The first kappa shape index (κ1) is 13.8. The number of esters is 1. The molecule has 98 valence electrons. The van der Waals surface area contributed by atoms with Crippen molar-refractivity contribution in [2.45, 2.75) is 13.0 Å².